The summed E-state index contributed by atoms with van der Waals surface area (Å²) in [5.74, 6) is -0.431. The van der Waals surface area contributed by atoms with Gasteiger partial charge in [0.1, 0.15) is 17.4 Å². The van der Waals surface area contributed by atoms with Crippen molar-refractivity contribution in [1.29, 1.82) is 0 Å². The van der Waals surface area contributed by atoms with Crippen LogP contribution in [0.4, 0.5) is 14.5 Å². The molecule has 2 nitrogen and oxygen atoms in total. The Bertz CT molecular complexity index is 594. The van der Waals surface area contributed by atoms with Gasteiger partial charge in [-0.05, 0) is 43.7 Å². The molecule has 106 valence electrons. The zero-order valence-corrected chi connectivity index (χ0v) is 11.7. The van der Waals surface area contributed by atoms with E-state index in [0.29, 0.717) is 0 Å². The van der Waals surface area contributed by atoms with Crippen LogP contribution in [0.1, 0.15) is 19.4 Å². The number of nitrogens with one attached hydrogen (secondary N) is 1. The fourth-order valence-electron chi connectivity index (χ4n) is 2.01. The summed E-state index contributed by atoms with van der Waals surface area (Å²) < 4.78 is 31.7. The molecule has 0 saturated carbocycles. The molecule has 2 aromatic rings. The summed E-state index contributed by atoms with van der Waals surface area (Å²) in [6.07, 6.45) is 0. The fourth-order valence-corrected chi connectivity index (χ4v) is 2.01. The Kier molecular flexibility index (Phi) is 3.93. The second-order valence-electron chi connectivity index (χ2n) is 5.10. The minimum Gasteiger partial charge on any atom is -0.497 e. The van der Waals surface area contributed by atoms with Gasteiger partial charge in [-0.2, -0.15) is 0 Å². The first-order valence-corrected chi connectivity index (χ1v) is 6.30. The van der Waals surface area contributed by atoms with E-state index in [9.17, 15) is 8.78 Å². The summed E-state index contributed by atoms with van der Waals surface area (Å²) >= 11 is 0. The zero-order chi connectivity index (χ0) is 14.8. The average molecular weight is 277 g/mol. The van der Waals surface area contributed by atoms with Crippen molar-refractivity contribution in [3.63, 3.8) is 0 Å². The highest BCUT2D eigenvalue weighted by Gasteiger charge is 2.21. The Labute approximate surface area is 117 Å². The van der Waals surface area contributed by atoms with Crippen LogP contribution in [0.3, 0.4) is 0 Å². The molecule has 20 heavy (non-hydrogen) atoms. The summed E-state index contributed by atoms with van der Waals surface area (Å²) in [4.78, 5) is 0. The maximum atomic E-state index is 13.7. The molecule has 0 fully saturated rings. The van der Waals surface area contributed by atoms with E-state index < -0.39 is 17.2 Å². The van der Waals surface area contributed by atoms with Gasteiger partial charge in [-0.25, -0.2) is 8.78 Å². The number of hydrogen-bond acceptors (Lipinski definition) is 2. The molecule has 2 aromatic carbocycles. The number of methoxy groups -OCH3 is 1. The molecular formula is C16H17F2NO. The van der Waals surface area contributed by atoms with Gasteiger partial charge in [-0.15, -0.1) is 0 Å². The minimum absolute atomic E-state index is 0.271. The van der Waals surface area contributed by atoms with E-state index in [2.05, 4.69) is 5.32 Å². The minimum atomic E-state index is -0.605. The van der Waals surface area contributed by atoms with Crippen molar-refractivity contribution >= 4 is 5.69 Å². The molecule has 0 radical (unpaired) electrons. The number of hydrogen-bond donors (Lipinski definition) is 1. The van der Waals surface area contributed by atoms with Gasteiger partial charge in [0.15, 0.2) is 0 Å². The molecule has 2 rings (SSSR count). The van der Waals surface area contributed by atoms with E-state index in [1.807, 2.05) is 38.1 Å². The molecule has 0 aromatic heterocycles. The predicted molar refractivity (Wildman–Crippen MR) is 76.0 cm³/mol. The first kappa shape index (κ1) is 14.3. The third-order valence-electron chi connectivity index (χ3n) is 3.19. The summed E-state index contributed by atoms with van der Waals surface area (Å²) in [7, 11) is 1.60. The van der Waals surface area contributed by atoms with Gasteiger partial charge in [0.25, 0.3) is 0 Å². The van der Waals surface area contributed by atoms with Crippen LogP contribution < -0.4 is 10.1 Å². The maximum absolute atomic E-state index is 13.7. The van der Waals surface area contributed by atoms with Gasteiger partial charge in [-0.1, -0.05) is 12.1 Å². The molecule has 0 aliphatic rings. The van der Waals surface area contributed by atoms with Crippen molar-refractivity contribution < 1.29 is 13.5 Å². The van der Waals surface area contributed by atoms with E-state index in [0.717, 1.165) is 17.4 Å². The monoisotopic (exact) mass is 277 g/mol. The van der Waals surface area contributed by atoms with Gasteiger partial charge in [-0.3, -0.25) is 0 Å². The second kappa shape index (κ2) is 5.49. The van der Waals surface area contributed by atoms with Gasteiger partial charge in [0.2, 0.25) is 0 Å². The number of rotatable bonds is 4. The van der Waals surface area contributed by atoms with Crippen LogP contribution in [0, 0.1) is 11.6 Å². The zero-order valence-electron chi connectivity index (χ0n) is 11.7. The number of ether oxygens (including phenoxy) is 1. The van der Waals surface area contributed by atoms with E-state index in [4.69, 9.17) is 4.74 Å². The molecule has 0 atom stereocenters. The van der Waals surface area contributed by atoms with E-state index in [1.165, 1.54) is 12.1 Å². The van der Waals surface area contributed by atoms with Crippen LogP contribution in [0.15, 0.2) is 42.5 Å². The highest BCUT2D eigenvalue weighted by molar-refractivity contribution is 5.49. The lowest BCUT2D eigenvalue weighted by atomic mass is 9.94. The third kappa shape index (κ3) is 3.07. The normalized spacial score (nSPS) is 11.2. The van der Waals surface area contributed by atoms with Gasteiger partial charge >= 0.3 is 0 Å². The van der Waals surface area contributed by atoms with E-state index in [1.54, 1.807) is 7.11 Å². The van der Waals surface area contributed by atoms with Crippen LogP contribution in [0.2, 0.25) is 0 Å². The summed E-state index contributed by atoms with van der Waals surface area (Å²) in [6, 6.07) is 11.0. The lowest BCUT2D eigenvalue weighted by Crippen LogP contribution is -2.28. The van der Waals surface area contributed by atoms with Crippen LogP contribution in [0.25, 0.3) is 0 Å². The van der Waals surface area contributed by atoms with Crippen LogP contribution in [-0.4, -0.2) is 7.11 Å². The van der Waals surface area contributed by atoms with Gasteiger partial charge < -0.3 is 10.1 Å². The standard InChI is InChI=1S/C16H17F2NO/c1-16(2,11-4-7-13(20-3)8-5-11)19-15-9-6-12(17)10-14(15)18/h4-10,19H,1-3H3. The van der Waals surface area contributed by atoms with Crippen molar-refractivity contribution in [2.45, 2.75) is 19.4 Å². The molecule has 0 aliphatic heterocycles. The van der Waals surface area contributed by atoms with E-state index >= 15 is 0 Å². The smallest absolute Gasteiger partial charge is 0.149 e. The molecule has 0 aliphatic carbocycles. The predicted octanol–water partition coefficient (Wildman–Crippen LogP) is 4.32. The largest absolute Gasteiger partial charge is 0.497 e. The number of halogens is 2. The van der Waals surface area contributed by atoms with E-state index in [-0.39, 0.29) is 5.69 Å². The molecule has 4 heteroatoms. The summed E-state index contributed by atoms with van der Waals surface area (Å²) in [5, 5.41) is 3.09. The van der Waals surface area contributed by atoms with Crippen molar-refractivity contribution in [2.75, 3.05) is 12.4 Å². The lowest BCUT2D eigenvalue weighted by Gasteiger charge is -2.28. The van der Waals surface area contributed by atoms with Crippen molar-refractivity contribution in [2.24, 2.45) is 0 Å². The number of anilines is 1. The Balaban J connectivity index is 2.25. The first-order chi connectivity index (χ1) is 9.42. The highest BCUT2D eigenvalue weighted by Crippen LogP contribution is 2.28. The Hall–Kier alpha value is -2.10. The summed E-state index contributed by atoms with van der Waals surface area (Å²) in [5.41, 5.74) is 0.750. The van der Waals surface area contributed by atoms with Crippen molar-refractivity contribution in [1.82, 2.24) is 0 Å². The van der Waals surface area contributed by atoms with Crippen LogP contribution >= 0.6 is 0 Å². The van der Waals surface area contributed by atoms with Crippen LogP contribution in [0.5, 0.6) is 5.75 Å². The SMILES string of the molecule is COc1ccc(C(C)(C)Nc2ccc(F)cc2F)cc1. The maximum Gasteiger partial charge on any atom is 0.149 e. The second-order valence-corrected chi connectivity index (χ2v) is 5.10. The third-order valence-corrected chi connectivity index (χ3v) is 3.19. The molecular weight excluding hydrogens is 260 g/mol. The fraction of sp³-hybridized carbons (Fsp3) is 0.250. The first-order valence-electron chi connectivity index (χ1n) is 6.30. The Morgan fingerprint density at radius 1 is 1.00 bits per heavy atom. The van der Waals surface area contributed by atoms with Crippen LogP contribution in [-0.2, 0) is 5.54 Å². The Morgan fingerprint density at radius 2 is 1.65 bits per heavy atom. The number of benzene rings is 2. The lowest BCUT2D eigenvalue weighted by molar-refractivity contribution is 0.414. The molecule has 1 N–H and O–H groups in total. The van der Waals surface area contributed by atoms with Crippen molar-refractivity contribution in [3.05, 3.63) is 59.7 Å². The Morgan fingerprint density at radius 3 is 2.20 bits per heavy atom. The van der Waals surface area contributed by atoms with Crippen molar-refractivity contribution in [3.8, 4) is 5.75 Å². The molecule has 0 heterocycles. The molecule has 0 saturated heterocycles. The summed E-state index contributed by atoms with van der Waals surface area (Å²) in [6.45, 7) is 3.86. The highest BCUT2D eigenvalue weighted by atomic mass is 19.1. The molecule has 0 spiro atoms. The average Bonchev–Trinajstić information content (AvgIpc) is 2.42. The molecule has 0 unspecified atom stereocenters. The quantitative estimate of drug-likeness (QED) is 0.898. The van der Waals surface area contributed by atoms with Gasteiger partial charge in [0, 0.05) is 6.07 Å². The van der Waals surface area contributed by atoms with Gasteiger partial charge in [0.05, 0.1) is 18.3 Å². The molecule has 0 amide bonds. The topological polar surface area (TPSA) is 21.3 Å². The molecule has 0 bridgehead atoms.